The minimum absolute atomic E-state index is 0.142. The molecule has 6 heteroatoms. The summed E-state index contributed by atoms with van der Waals surface area (Å²) in [5, 5.41) is 11.7. The summed E-state index contributed by atoms with van der Waals surface area (Å²) < 4.78 is 1.37. The van der Waals surface area contributed by atoms with Crippen molar-refractivity contribution in [1.82, 2.24) is 14.9 Å². The van der Waals surface area contributed by atoms with Crippen molar-refractivity contribution < 1.29 is 9.90 Å². The van der Waals surface area contributed by atoms with E-state index in [9.17, 15) is 9.59 Å². The Labute approximate surface area is 116 Å². The Morgan fingerprint density at radius 1 is 1.40 bits per heavy atom. The maximum atomic E-state index is 12.0. The van der Waals surface area contributed by atoms with Gasteiger partial charge in [0.1, 0.15) is 5.69 Å². The van der Waals surface area contributed by atoms with Crippen LogP contribution in [-0.2, 0) is 6.54 Å². The van der Waals surface area contributed by atoms with Gasteiger partial charge in [0.15, 0.2) is 0 Å². The first-order valence-electron chi connectivity index (χ1n) is 6.36. The number of hydrogen-bond donors (Lipinski definition) is 3. The number of aliphatic hydroxyl groups is 1. The zero-order valence-corrected chi connectivity index (χ0v) is 11.2. The fourth-order valence-corrected chi connectivity index (χ4v) is 1.84. The van der Waals surface area contributed by atoms with Crippen LogP contribution in [0.4, 0.5) is 0 Å². The Balaban J connectivity index is 2.19. The number of carbonyl (C=O) groups is 1. The molecule has 1 aromatic carbocycles. The van der Waals surface area contributed by atoms with Gasteiger partial charge in [-0.1, -0.05) is 30.3 Å². The third-order valence-corrected chi connectivity index (χ3v) is 2.84. The Bertz CT molecular complexity index is 629. The first-order valence-corrected chi connectivity index (χ1v) is 6.36. The first-order chi connectivity index (χ1) is 9.58. The Morgan fingerprint density at radius 3 is 2.75 bits per heavy atom. The number of rotatable bonds is 5. The molecule has 1 amide bonds. The molecule has 0 saturated heterocycles. The highest BCUT2D eigenvalue weighted by Crippen LogP contribution is 2.03. The van der Waals surface area contributed by atoms with E-state index in [1.165, 1.54) is 10.8 Å². The van der Waals surface area contributed by atoms with Crippen LogP contribution in [0.1, 0.15) is 23.0 Å². The van der Waals surface area contributed by atoms with Gasteiger partial charge in [-0.05, 0) is 12.5 Å². The van der Waals surface area contributed by atoms with Crippen LogP contribution < -0.4 is 11.0 Å². The standard InChI is InChI=1S/C14H17N3O3/c1-10(18)7-15-13(19)12-8-16-14(20)17(12)9-11-5-3-2-4-6-11/h2-6,8,10,18H,7,9H2,1H3,(H,15,19)(H,16,20). The summed E-state index contributed by atoms with van der Waals surface area (Å²) >= 11 is 0. The maximum absolute atomic E-state index is 12.0. The molecule has 106 valence electrons. The predicted octanol–water partition coefficient (Wildman–Crippen LogP) is 0.335. The van der Waals surface area contributed by atoms with E-state index in [0.717, 1.165) is 5.56 Å². The highest BCUT2D eigenvalue weighted by atomic mass is 16.3. The van der Waals surface area contributed by atoms with Gasteiger partial charge in [-0.3, -0.25) is 9.36 Å². The van der Waals surface area contributed by atoms with E-state index in [-0.39, 0.29) is 23.8 Å². The third-order valence-electron chi connectivity index (χ3n) is 2.84. The molecule has 0 spiro atoms. The Hall–Kier alpha value is -2.34. The summed E-state index contributed by atoms with van der Waals surface area (Å²) in [6.45, 7) is 2.04. The average Bonchev–Trinajstić information content (AvgIpc) is 2.79. The second-order valence-corrected chi connectivity index (χ2v) is 4.61. The average molecular weight is 275 g/mol. The third kappa shape index (κ3) is 3.36. The molecule has 1 atom stereocenters. The second-order valence-electron chi connectivity index (χ2n) is 4.61. The van der Waals surface area contributed by atoms with Gasteiger partial charge in [0.05, 0.1) is 12.6 Å². The van der Waals surface area contributed by atoms with Crippen molar-refractivity contribution in [3.63, 3.8) is 0 Å². The number of benzene rings is 1. The second kappa shape index (κ2) is 6.21. The summed E-state index contributed by atoms with van der Waals surface area (Å²) in [6.07, 6.45) is 0.745. The molecule has 20 heavy (non-hydrogen) atoms. The van der Waals surface area contributed by atoms with E-state index in [1.807, 2.05) is 30.3 Å². The molecule has 1 heterocycles. The van der Waals surface area contributed by atoms with Crippen molar-refractivity contribution in [3.8, 4) is 0 Å². The number of H-pyrrole nitrogens is 1. The number of aromatic nitrogens is 2. The molecule has 0 radical (unpaired) electrons. The largest absolute Gasteiger partial charge is 0.392 e. The van der Waals surface area contributed by atoms with Gasteiger partial charge < -0.3 is 15.4 Å². The maximum Gasteiger partial charge on any atom is 0.326 e. The Kier molecular flexibility index (Phi) is 4.37. The van der Waals surface area contributed by atoms with Crippen LogP contribution in [0.3, 0.4) is 0 Å². The van der Waals surface area contributed by atoms with Gasteiger partial charge in [-0.25, -0.2) is 4.79 Å². The van der Waals surface area contributed by atoms with E-state index >= 15 is 0 Å². The van der Waals surface area contributed by atoms with E-state index in [0.29, 0.717) is 6.54 Å². The smallest absolute Gasteiger partial charge is 0.326 e. The number of aromatic amines is 1. The van der Waals surface area contributed by atoms with E-state index in [2.05, 4.69) is 10.3 Å². The normalized spacial score (nSPS) is 12.1. The van der Waals surface area contributed by atoms with Crippen LogP contribution in [0, 0.1) is 0 Å². The molecule has 6 nitrogen and oxygen atoms in total. The number of nitrogens with zero attached hydrogens (tertiary/aromatic N) is 1. The highest BCUT2D eigenvalue weighted by Gasteiger charge is 2.14. The minimum atomic E-state index is -0.632. The molecule has 1 aromatic heterocycles. The molecule has 2 aromatic rings. The lowest BCUT2D eigenvalue weighted by Crippen LogP contribution is -2.33. The summed E-state index contributed by atoms with van der Waals surface area (Å²) in [5.74, 6) is -0.389. The summed E-state index contributed by atoms with van der Waals surface area (Å²) in [7, 11) is 0. The zero-order valence-electron chi connectivity index (χ0n) is 11.2. The van der Waals surface area contributed by atoms with Crippen LogP contribution >= 0.6 is 0 Å². The van der Waals surface area contributed by atoms with Crippen LogP contribution in [-0.4, -0.2) is 33.2 Å². The van der Waals surface area contributed by atoms with Crippen LogP contribution in [0.15, 0.2) is 41.3 Å². The van der Waals surface area contributed by atoms with Gasteiger partial charge >= 0.3 is 5.69 Å². The number of nitrogens with one attached hydrogen (secondary N) is 2. The van der Waals surface area contributed by atoms with Gasteiger partial charge in [0.25, 0.3) is 5.91 Å². The first kappa shape index (κ1) is 14.1. The SMILES string of the molecule is CC(O)CNC(=O)c1c[nH]c(=O)n1Cc1ccccc1. The van der Waals surface area contributed by atoms with Crippen molar-refractivity contribution in [2.75, 3.05) is 6.54 Å². The topological polar surface area (TPSA) is 87.1 Å². The molecular formula is C14H17N3O3. The molecule has 0 aliphatic heterocycles. The summed E-state index contributed by atoms with van der Waals surface area (Å²) in [5.41, 5.74) is 0.842. The number of aliphatic hydroxyl groups excluding tert-OH is 1. The highest BCUT2D eigenvalue weighted by molar-refractivity contribution is 5.92. The molecule has 3 N–H and O–H groups in total. The minimum Gasteiger partial charge on any atom is -0.392 e. The fourth-order valence-electron chi connectivity index (χ4n) is 1.84. The predicted molar refractivity (Wildman–Crippen MR) is 74.6 cm³/mol. The number of carbonyl (C=O) groups excluding carboxylic acids is 1. The zero-order chi connectivity index (χ0) is 14.5. The van der Waals surface area contributed by atoms with Crippen LogP contribution in [0.5, 0.6) is 0 Å². The lowest BCUT2D eigenvalue weighted by Gasteiger charge is -2.09. The molecule has 0 saturated carbocycles. The summed E-state index contributed by atoms with van der Waals surface area (Å²) in [6, 6.07) is 9.41. The number of amides is 1. The van der Waals surface area contributed by atoms with Crippen molar-refractivity contribution in [1.29, 1.82) is 0 Å². The van der Waals surface area contributed by atoms with E-state index < -0.39 is 6.10 Å². The molecule has 1 unspecified atom stereocenters. The van der Waals surface area contributed by atoms with E-state index in [1.54, 1.807) is 6.92 Å². The summed E-state index contributed by atoms with van der Waals surface area (Å²) in [4.78, 5) is 26.2. The van der Waals surface area contributed by atoms with Crippen molar-refractivity contribution >= 4 is 5.91 Å². The van der Waals surface area contributed by atoms with Crippen molar-refractivity contribution in [3.05, 3.63) is 58.3 Å². The lowest BCUT2D eigenvalue weighted by molar-refractivity contribution is 0.0915. The lowest BCUT2D eigenvalue weighted by atomic mass is 10.2. The van der Waals surface area contributed by atoms with Crippen molar-refractivity contribution in [2.24, 2.45) is 0 Å². The monoisotopic (exact) mass is 275 g/mol. The van der Waals surface area contributed by atoms with Crippen LogP contribution in [0.25, 0.3) is 0 Å². The van der Waals surface area contributed by atoms with Gasteiger partial charge in [-0.2, -0.15) is 0 Å². The quantitative estimate of drug-likeness (QED) is 0.735. The molecule has 0 fully saturated rings. The van der Waals surface area contributed by atoms with Crippen molar-refractivity contribution in [2.45, 2.75) is 19.6 Å². The molecule has 0 aliphatic rings. The molecule has 0 aliphatic carbocycles. The van der Waals surface area contributed by atoms with Crippen LogP contribution in [0.2, 0.25) is 0 Å². The van der Waals surface area contributed by atoms with E-state index in [4.69, 9.17) is 5.11 Å². The fraction of sp³-hybridized carbons (Fsp3) is 0.286. The molecule has 2 rings (SSSR count). The van der Waals surface area contributed by atoms with Gasteiger partial charge in [0.2, 0.25) is 0 Å². The Morgan fingerprint density at radius 2 is 2.10 bits per heavy atom. The number of imidazole rings is 1. The number of hydrogen-bond acceptors (Lipinski definition) is 3. The molecule has 0 bridgehead atoms. The molecular weight excluding hydrogens is 258 g/mol. The van der Waals surface area contributed by atoms with Gasteiger partial charge in [0, 0.05) is 12.7 Å². The van der Waals surface area contributed by atoms with Gasteiger partial charge in [-0.15, -0.1) is 0 Å².